The molecular formula is C23H27F2NO5. The van der Waals surface area contributed by atoms with E-state index in [-0.39, 0.29) is 17.8 Å². The Bertz CT molecular complexity index is 846. The molecule has 0 aliphatic rings. The fourth-order valence-electron chi connectivity index (χ4n) is 2.62. The average Bonchev–Trinajstić information content (AvgIpc) is 2.71. The first kappa shape index (κ1) is 24.1. The highest BCUT2D eigenvalue weighted by molar-refractivity contribution is 5.80. The van der Waals surface area contributed by atoms with Gasteiger partial charge in [-0.15, -0.1) is 0 Å². The van der Waals surface area contributed by atoms with Crippen LogP contribution in [0.25, 0.3) is 0 Å². The van der Waals surface area contributed by atoms with Crippen molar-refractivity contribution in [1.29, 1.82) is 0 Å². The molecule has 0 atom stereocenters. The standard InChI is InChI=1S/C23H27F2NO5/c1-23(2,3)17-6-10-18(11-7-17)29-15-21(28)30-14-20(27)26-13-12-16-4-8-19(9-5-16)31-22(24)25/h4-11,22H,12-15H2,1-3H3,(H,26,27). The Labute approximate surface area is 180 Å². The molecule has 31 heavy (non-hydrogen) atoms. The number of nitrogens with one attached hydrogen (secondary N) is 1. The van der Waals surface area contributed by atoms with Crippen LogP contribution in [0, 0.1) is 0 Å². The minimum Gasteiger partial charge on any atom is -0.482 e. The topological polar surface area (TPSA) is 73.9 Å². The van der Waals surface area contributed by atoms with Crippen LogP contribution in [-0.2, 0) is 26.2 Å². The SMILES string of the molecule is CC(C)(C)c1ccc(OCC(=O)OCC(=O)NCCc2ccc(OC(F)F)cc2)cc1. The number of carbonyl (C=O) groups excluding carboxylic acids is 2. The Morgan fingerprint density at radius 1 is 0.935 bits per heavy atom. The van der Waals surface area contributed by atoms with E-state index in [0.29, 0.717) is 18.7 Å². The summed E-state index contributed by atoms with van der Waals surface area (Å²) in [5, 5.41) is 2.62. The molecule has 0 aromatic heterocycles. The molecule has 0 saturated heterocycles. The number of amides is 1. The molecule has 6 nitrogen and oxygen atoms in total. The second-order valence-corrected chi connectivity index (χ2v) is 7.85. The zero-order valence-corrected chi connectivity index (χ0v) is 17.8. The van der Waals surface area contributed by atoms with E-state index in [9.17, 15) is 18.4 Å². The summed E-state index contributed by atoms with van der Waals surface area (Å²) in [6.07, 6.45) is 0.488. The monoisotopic (exact) mass is 435 g/mol. The van der Waals surface area contributed by atoms with Crippen LogP contribution in [0.1, 0.15) is 31.9 Å². The summed E-state index contributed by atoms with van der Waals surface area (Å²) in [7, 11) is 0. The Morgan fingerprint density at radius 3 is 2.13 bits per heavy atom. The van der Waals surface area contributed by atoms with Gasteiger partial charge in [0.05, 0.1) is 0 Å². The summed E-state index contributed by atoms with van der Waals surface area (Å²) in [6, 6.07) is 13.6. The number of halogens is 2. The molecule has 1 amide bonds. The third kappa shape index (κ3) is 9.02. The highest BCUT2D eigenvalue weighted by atomic mass is 19.3. The third-order valence-corrected chi connectivity index (χ3v) is 4.33. The number of carbonyl (C=O) groups is 2. The van der Waals surface area contributed by atoms with Crippen LogP contribution < -0.4 is 14.8 Å². The second-order valence-electron chi connectivity index (χ2n) is 7.85. The van der Waals surface area contributed by atoms with Crippen LogP contribution in [0.5, 0.6) is 11.5 Å². The van der Waals surface area contributed by atoms with Crippen molar-refractivity contribution < 1.29 is 32.6 Å². The molecule has 2 aromatic rings. The van der Waals surface area contributed by atoms with E-state index < -0.39 is 25.1 Å². The van der Waals surface area contributed by atoms with Gasteiger partial charge in [-0.05, 0) is 47.2 Å². The number of rotatable bonds is 10. The predicted molar refractivity (Wildman–Crippen MR) is 111 cm³/mol. The minimum absolute atomic E-state index is 0.0248. The van der Waals surface area contributed by atoms with Gasteiger partial charge in [-0.1, -0.05) is 45.0 Å². The summed E-state index contributed by atoms with van der Waals surface area (Å²) in [6.45, 7) is 3.04. The Morgan fingerprint density at radius 2 is 1.55 bits per heavy atom. The average molecular weight is 435 g/mol. The zero-order chi connectivity index (χ0) is 22.9. The number of hydrogen-bond donors (Lipinski definition) is 1. The number of esters is 1. The maximum absolute atomic E-state index is 12.1. The largest absolute Gasteiger partial charge is 0.482 e. The van der Waals surface area contributed by atoms with Crippen molar-refractivity contribution in [3.63, 3.8) is 0 Å². The zero-order valence-electron chi connectivity index (χ0n) is 17.8. The normalized spacial score (nSPS) is 11.2. The van der Waals surface area contributed by atoms with Crippen molar-refractivity contribution in [2.75, 3.05) is 19.8 Å². The Kier molecular flexibility index (Phi) is 8.78. The van der Waals surface area contributed by atoms with Crippen LogP contribution in [0.3, 0.4) is 0 Å². The predicted octanol–water partition coefficient (Wildman–Crippen LogP) is 3.87. The Balaban J connectivity index is 1.63. The lowest BCUT2D eigenvalue weighted by Crippen LogP contribution is -2.31. The quantitative estimate of drug-likeness (QED) is 0.574. The summed E-state index contributed by atoms with van der Waals surface area (Å²) in [4.78, 5) is 23.5. The van der Waals surface area contributed by atoms with E-state index in [0.717, 1.165) is 11.1 Å². The molecule has 0 spiro atoms. The Hall–Kier alpha value is -3.16. The molecule has 0 fully saturated rings. The van der Waals surface area contributed by atoms with Crippen molar-refractivity contribution in [2.24, 2.45) is 0 Å². The summed E-state index contributed by atoms with van der Waals surface area (Å²) in [5.74, 6) is -0.480. The van der Waals surface area contributed by atoms with Crippen LogP contribution in [-0.4, -0.2) is 38.2 Å². The molecule has 1 N–H and O–H groups in total. The van der Waals surface area contributed by atoms with Gasteiger partial charge in [0.15, 0.2) is 13.2 Å². The number of alkyl halides is 2. The third-order valence-electron chi connectivity index (χ3n) is 4.33. The van der Waals surface area contributed by atoms with Crippen molar-refractivity contribution in [2.45, 2.75) is 39.2 Å². The van der Waals surface area contributed by atoms with Crippen LogP contribution >= 0.6 is 0 Å². The smallest absolute Gasteiger partial charge is 0.387 e. The van der Waals surface area contributed by atoms with Gasteiger partial charge in [-0.25, -0.2) is 4.79 Å². The van der Waals surface area contributed by atoms with E-state index in [1.54, 1.807) is 24.3 Å². The molecule has 0 bridgehead atoms. The lowest BCUT2D eigenvalue weighted by Gasteiger charge is -2.19. The van der Waals surface area contributed by atoms with Crippen molar-refractivity contribution in [3.8, 4) is 11.5 Å². The first-order valence-corrected chi connectivity index (χ1v) is 9.83. The van der Waals surface area contributed by atoms with Gasteiger partial charge in [0.25, 0.3) is 5.91 Å². The molecule has 0 unspecified atom stereocenters. The van der Waals surface area contributed by atoms with Crippen molar-refractivity contribution in [1.82, 2.24) is 5.32 Å². The number of benzene rings is 2. The first-order chi connectivity index (χ1) is 14.6. The molecule has 2 rings (SSSR count). The van der Waals surface area contributed by atoms with E-state index >= 15 is 0 Å². The molecule has 0 saturated carbocycles. The summed E-state index contributed by atoms with van der Waals surface area (Å²) < 4.78 is 38.8. The van der Waals surface area contributed by atoms with Gasteiger partial charge in [-0.3, -0.25) is 4.79 Å². The maximum Gasteiger partial charge on any atom is 0.387 e. The molecule has 2 aromatic carbocycles. The molecule has 0 aliphatic heterocycles. The molecule has 0 radical (unpaired) electrons. The maximum atomic E-state index is 12.1. The molecule has 0 aliphatic carbocycles. The number of ether oxygens (including phenoxy) is 3. The molecule has 0 heterocycles. The lowest BCUT2D eigenvalue weighted by atomic mass is 9.87. The summed E-state index contributed by atoms with van der Waals surface area (Å²) in [5.41, 5.74) is 2.01. The van der Waals surface area contributed by atoms with Gasteiger partial charge >= 0.3 is 12.6 Å². The molecular weight excluding hydrogens is 408 g/mol. The van der Waals surface area contributed by atoms with Gasteiger partial charge < -0.3 is 19.5 Å². The van der Waals surface area contributed by atoms with E-state index in [4.69, 9.17) is 9.47 Å². The fourth-order valence-corrected chi connectivity index (χ4v) is 2.62. The van der Waals surface area contributed by atoms with Crippen molar-refractivity contribution >= 4 is 11.9 Å². The van der Waals surface area contributed by atoms with E-state index in [2.05, 4.69) is 30.8 Å². The van der Waals surface area contributed by atoms with Gasteiger partial charge in [0, 0.05) is 6.54 Å². The van der Waals surface area contributed by atoms with E-state index in [1.165, 1.54) is 12.1 Å². The highest BCUT2D eigenvalue weighted by Crippen LogP contribution is 2.24. The highest BCUT2D eigenvalue weighted by Gasteiger charge is 2.13. The van der Waals surface area contributed by atoms with Gasteiger partial charge in [0.1, 0.15) is 11.5 Å². The van der Waals surface area contributed by atoms with Crippen LogP contribution in [0.4, 0.5) is 8.78 Å². The van der Waals surface area contributed by atoms with Crippen LogP contribution in [0.15, 0.2) is 48.5 Å². The summed E-state index contributed by atoms with van der Waals surface area (Å²) >= 11 is 0. The first-order valence-electron chi connectivity index (χ1n) is 9.83. The minimum atomic E-state index is -2.87. The van der Waals surface area contributed by atoms with Crippen molar-refractivity contribution in [3.05, 3.63) is 59.7 Å². The van der Waals surface area contributed by atoms with Gasteiger partial charge in [-0.2, -0.15) is 8.78 Å². The van der Waals surface area contributed by atoms with E-state index in [1.807, 2.05) is 12.1 Å². The number of hydrogen-bond acceptors (Lipinski definition) is 5. The lowest BCUT2D eigenvalue weighted by molar-refractivity contribution is -0.150. The second kappa shape index (κ2) is 11.3. The molecule has 8 heteroatoms. The molecule has 168 valence electrons. The van der Waals surface area contributed by atoms with Gasteiger partial charge in [0.2, 0.25) is 0 Å². The van der Waals surface area contributed by atoms with Crippen LogP contribution in [0.2, 0.25) is 0 Å². The fraction of sp³-hybridized carbons (Fsp3) is 0.391.